The number of nitrogens with one attached hydrogen (secondary N) is 2. The molecule has 1 aromatic carbocycles. The number of benzene rings is 1. The lowest BCUT2D eigenvalue weighted by molar-refractivity contribution is 0.524. The Kier molecular flexibility index (Phi) is 12.3. The van der Waals surface area contributed by atoms with Crippen molar-refractivity contribution in [3.05, 3.63) is 150 Å². The predicted octanol–water partition coefficient (Wildman–Crippen LogP) is 8.09. The van der Waals surface area contributed by atoms with Gasteiger partial charge < -0.3 is 15.5 Å². The summed E-state index contributed by atoms with van der Waals surface area (Å²) in [5, 5.41) is 6.57. The minimum atomic E-state index is -0.535. The summed E-state index contributed by atoms with van der Waals surface area (Å²) < 4.78 is 14.1. The van der Waals surface area contributed by atoms with Crippen molar-refractivity contribution in [3.63, 3.8) is 0 Å². The van der Waals surface area contributed by atoms with E-state index in [-0.39, 0.29) is 6.04 Å². The van der Waals surface area contributed by atoms with E-state index in [1.165, 1.54) is 17.8 Å². The zero-order valence-electron chi connectivity index (χ0n) is 24.8. The van der Waals surface area contributed by atoms with E-state index in [0.29, 0.717) is 12.1 Å². The summed E-state index contributed by atoms with van der Waals surface area (Å²) in [6.45, 7) is 27.5. The van der Waals surface area contributed by atoms with Crippen LogP contribution in [0.5, 0.6) is 0 Å². The molecule has 210 valence electrons. The molecule has 1 aromatic heterocycles. The summed E-state index contributed by atoms with van der Waals surface area (Å²) in [6, 6.07) is 11.6. The molecule has 0 amide bonds. The molecule has 40 heavy (non-hydrogen) atoms. The maximum absolute atomic E-state index is 14.1. The third-order valence-electron chi connectivity index (χ3n) is 6.63. The quantitative estimate of drug-likeness (QED) is 0.224. The SMILES string of the molecule is C=C/C(=C\C(=C/C)CN1C(=C)C(NC(=C)C(C)NC)=CC=C1c1ccnc(F)c1)C(=C)c1ccc(C)cc1.CC. The predicted molar refractivity (Wildman–Crippen MR) is 170 cm³/mol. The highest BCUT2D eigenvalue weighted by molar-refractivity contribution is 5.81. The zero-order valence-corrected chi connectivity index (χ0v) is 24.8. The molecule has 4 nitrogen and oxygen atoms in total. The maximum Gasteiger partial charge on any atom is 0.213 e. The third-order valence-corrected chi connectivity index (χ3v) is 6.63. The molecular formula is C35H43FN4. The minimum Gasteiger partial charge on any atom is -0.356 e. The van der Waals surface area contributed by atoms with Gasteiger partial charge in [0.25, 0.3) is 0 Å². The van der Waals surface area contributed by atoms with Crippen LogP contribution in [0.2, 0.25) is 0 Å². The van der Waals surface area contributed by atoms with Crippen LogP contribution >= 0.6 is 0 Å². The van der Waals surface area contributed by atoms with Gasteiger partial charge >= 0.3 is 0 Å². The van der Waals surface area contributed by atoms with Crippen molar-refractivity contribution in [2.75, 3.05) is 13.6 Å². The number of hydrogen-bond donors (Lipinski definition) is 2. The molecule has 1 unspecified atom stereocenters. The molecule has 2 heterocycles. The zero-order chi connectivity index (χ0) is 29.8. The standard InChI is InChI=1S/C33H37FN4.C2H6/c1-9-27(19-28(10-2)23(4)29-13-11-22(3)12-14-29)21-38-26(7)31(37-25(6)24(5)35-8)15-16-32(38)30-17-18-36-33(34)20-30;1-2/h9-20,24,35,37H,2,4,6-7,21H2,1,3,5,8H3;1-2H3/b27-9+,28-19+;. The molecule has 1 atom stereocenters. The van der Waals surface area contributed by atoms with Gasteiger partial charge in [0.05, 0.1) is 11.4 Å². The highest BCUT2D eigenvalue weighted by atomic mass is 19.1. The molecule has 2 N–H and O–H groups in total. The van der Waals surface area contributed by atoms with E-state index in [0.717, 1.165) is 45.1 Å². The Morgan fingerprint density at radius 2 is 1.80 bits per heavy atom. The van der Waals surface area contributed by atoms with Crippen LogP contribution in [-0.4, -0.2) is 29.5 Å². The lowest BCUT2D eigenvalue weighted by atomic mass is 9.96. The lowest BCUT2D eigenvalue weighted by Crippen LogP contribution is -2.35. The number of likely N-dealkylation sites (N-methyl/N-ethyl adjacent to an activating group) is 1. The van der Waals surface area contributed by atoms with Crippen molar-refractivity contribution < 1.29 is 4.39 Å². The number of halogens is 1. The van der Waals surface area contributed by atoms with Gasteiger partial charge in [0, 0.05) is 41.8 Å². The summed E-state index contributed by atoms with van der Waals surface area (Å²) in [4.78, 5) is 5.79. The largest absolute Gasteiger partial charge is 0.356 e. The Bertz CT molecular complexity index is 1360. The van der Waals surface area contributed by atoms with Gasteiger partial charge in [-0.05, 0) is 74.4 Å². The fourth-order valence-corrected chi connectivity index (χ4v) is 4.00. The molecule has 0 saturated heterocycles. The van der Waals surface area contributed by atoms with E-state index in [1.54, 1.807) is 6.07 Å². The smallest absolute Gasteiger partial charge is 0.213 e. The number of rotatable bonds is 11. The van der Waals surface area contributed by atoms with Gasteiger partial charge in [-0.25, -0.2) is 4.98 Å². The van der Waals surface area contributed by atoms with Crippen LogP contribution < -0.4 is 10.6 Å². The first-order valence-electron chi connectivity index (χ1n) is 13.6. The van der Waals surface area contributed by atoms with Gasteiger partial charge in [0.2, 0.25) is 5.95 Å². The number of nitrogens with zero attached hydrogens (tertiary/aromatic N) is 2. The first-order valence-corrected chi connectivity index (χ1v) is 13.6. The van der Waals surface area contributed by atoms with Crippen LogP contribution in [0.25, 0.3) is 11.3 Å². The number of aryl methyl sites for hydroxylation is 1. The first kappa shape index (κ1) is 32.0. The fraction of sp³-hybridized carbons (Fsp3) is 0.229. The Hall–Kier alpha value is -4.22. The van der Waals surface area contributed by atoms with Crippen molar-refractivity contribution >= 4 is 11.3 Å². The average Bonchev–Trinajstić information content (AvgIpc) is 2.97. The fourth-order valence-electron chi connectivity index (χ4n) is 4.00. The van der Waals surface area contributed by atoms with Gasteiger partial charge in [-0.2, -0.15) is 4.39 Å². The lowest BCUT2D eigenvalue weighted by Gasteiger charge is -2.34. The Morgan fingerprint density at radius 3 is 2.38 bits per heavy atom. The monoisotopic (exact) mass is 538 g/mol. The molecule has 0 aliphatic carbocycles. The summed E-state index contributed by atoms with van der Waals surface area (Å²) in [5.74, 6) is -0.535. The molecule has 5 heteroatoms. The van der Waals surface area contributed by atoms with Crippen molar-refractivity contribution in [1.29, 1.82) is 0 Å². The normalized spacial score (nSPS) is 14.4. The minimum absolute atomic E-state index is 0.0637. The van der Waals surface area contributed by atoms with Crippen LogP contribution in [0.4, 0.5) is 4.39 Å². The summed E-state index contributed by atoms with van der Waals surface area (Å²) in [6.07, 6.45) is 11.3. The van der Waals surface area contributed by atoms with Crippen LogP contribution in [0.15, 0.2) is 128 Å². The second kappa shape index (κ2) is 15.4. The Morgan fingerprint density at radius 1 is 1.12 bits per heavy atom. The molecule has 0 spiro atoms. The second-order valence-corrected chi connectivity index (χ2v) is 9.20. The molecule has 1 aliphatic heterocycles. The van der Waals surface area contributed by atoms with Crippen molar-refractivity contribution in [2.45, 2.75) is 40.7 Å². The number of hydrogen-bond acceptors (Lipinski definition) is 4. The highest BCUT2D eigenvalue weighted by Crippen LogP contribution is 2.32. The molecular weight excluding hydrogens is 495 g/mol. The molecule has 0 fully saturated rings. The third kappa shape index (κ3) is 8.14. The van der Waals surface area contributed by atoms with Crippen molar-refractivity contribution in [1.82, 2.24) is 20.5 Å². The number of aromatic nitrogens is 1. The second-order valence-electron chi connectivity index (χ2n) is 9.20. The molecule has 0 bridgehead atoms. The average molecular weight is 539 g/mol. The van der Waals surface area contributed by atoms with E-state index < -0.39 is 5.95 Å². The Balaban J connectivity index is 0.00000274. The first-order chi connectivity index (χ1) is 19.2. The molecule has 2 aromatic rings. The number of pyridine rings is 1. The van der Waals surface area contributed by atoms with Gasteiger partial charge in [-0.15, -0.1) is 0 Å². The van der Waals surface area contributed by atoms with Crippen LogP contribution in [0.1, 0.15) is 44.4 Å². The van der Waals surface area contributed by atoms with E-state index in [9.17, 15) is 4.39 Å². The van der Waals surface area contributed by atoms with Gasteiger partial charge in [-0.1, -0.05) is 82.1 Å². The van der Waals surface area contributed by atoms with Crippen molar-refractivity contribution in [2.24, 2.45) is 0 Å². The van der Waals surface area contributed by atoms with Crippen molar-refractivity contribution in [3.8, 4) is 0 Å². The number of allylic oxidation sites excluding steroid dienone is 6. The van der Waals surface area contributed by atoms with E-state index in [4.69, 9.17) is 0 Å². The molecule has 3 rings (SSSR count). The van der Waals surface area contributed by atoms with E-state index >= 15 is 0 Å². The van der Waals surface area contributed by atoms with Crippen LogP contribution in [0, 0.1) is 12.9 Å². The van der Waals surface area contributed by atoms with E-state index in [1.807, 2.05) is 53.0 Å². The maximum atomic E-state index is 14.1. The summed E-state index contributed by atoms with van der Waals surface area (Å²) in [7, 11) is 1.89. The van der Waals surface area contributed by atoms with Gasteiger partial charge in [0.15, 0.2) is 0 Å². The molecule has 1 aliphatic rings. The van der Waals surface area contributed by atoms with Crippen LogP contribution in [0.3, 0.4) is 0 Å². The molecule has 0 saturated carbocycles. The van der Waals surface area contributed by atoms with Gasteiger partial charge in [-0.3, -0.25) is 0 Å². The van der Waals surface area contributed by atoms with Crippen LogP contribution in [-0.2, 0) is 0 Å². The topological polar surface area (TPSA) is 40.2 Å². The Labute approximate surface area is 240 Å². The molecule has 0 radical (unpaired) electrons. The summed E-state index contributed by atoms with van der Waals surface area (Å²) in [5.41, 5.74) is 9.00. The highest BCUT2D eigenvalue weighted by Gasteiger charge is 2.23. The van der Waals surface area contributed by atoms with Gasteiger partial charge in [0.1, 0.15) is 0 Å². The van der Waals surface area contributed by atoms with E-state index in [2.05, 4.69) is 90.2 Å². The summed E-state index contributed by atoms with van der Waals surface area (Å²) >= 11 is 0.